The second-order valence-corrected chi connectivity index (χ2v) is 5.30. The quantitative estimate of drug-likeness (QED) is 0.800. The van der Waals surface area contributed by atoms with Gasteiger partial charge in [0, 0.05) is 31.6 Å². The highest BCUT2D eigenvalue weighted by atomic mass is 79.9. The Hall–Kier alpha value is -0.320. The van der Waals surface area contributed by atoms with E-state index >= 15 is 0 Å². The Labute approximate surface area is 102 Å². The molecule has 2 atom stereocenters. The molecule has 5 heteroatoms. The summed E-state index contributed by atoms with van der Waals surface area (Å²) in [5, 5.41) is 4.11. The maximum Gasteiger partial charge on any atom is 0.124 e. The molecule has 0 unspecified atom stereocenters. The number of aromatic nitrogens is 1. The van der Waals surface area contributed by atoms with Crippen molar-refractivity contribution in [3.8, 4) is 0 Å². The average Bonchev–Trinajstić information content (AvgIpc) is 2.48. The molecule has 3 rings (SSSR count). The van der Waals surface area contributed by atoms with Gasteiger partial charge in [-0.1, -0.05) is 11.6 Å². The Kier molecular flexibility index (Phi) is 2.38. The summed E-state index contributed by atoms with van der Waals surface area (Å²) in [6.07, 6.45) is 1.88. The Morgan fingerprint density at radius 1 is 1.53 bits per heavy atom. The molecular formula is C10H11BrClN3. The molecule has 0 saturated carbocycles. The SMILES string of the molecule is Clc1cc(N2C[C@@H]3CN[C@@H]3C2)cnc1Br. The summed E-state index contributed by atoms with van der Waals surface area (Å²) in [6, 6.07) is 2.65. The molecule has 2 aliphatic heterocycles. The average molecular weight is 289 g/mol. The lowest BCUT2D eigenvalue weighted by atomic mass is 9.96. The minimum atomic E-state index is 0.674. The maximum atomic E-state index is 6.03. The molecule has 2 fully saturated rings. The van der Waals surface area contributed by atoms with E-state index in [9.17, 15) is 0 Å². The van der Waals surface area contributed by atoms with Crippen molar-refractivity contribution >= 4 is 33.2 Å². The van der Waals surface area contributed by atoms with E-state index in [0.717, 1.165) is 31.2 Å². The van der Waals surface area contributed by atoms with Crippen LogP contribution in [0.3, 0.4) is 0 Å². The zero-order valence-corrected chi connectivity index (χ0v) is 10.4. The molecule has 2 aliphatic rings. The smallest absolute Gasteiger partial charge is 0.124 e. The predicted molar refractivity (Wildman–Crippen MR) is 64.4 cm³/mol. The largest absolute Gasteiger partial charge is 0.368 e. The van der Waals surface area contributed by atoms with Gasteiger partial charge in [0.15, 0.2) is 0 Å². The summed E-state index contributed by atoms with van der Waals surface area (Å²) >= 11 is 9.33. The number of hydrogen-bond acceptors (Lipinski definition) is 3. The number of rotatable bonds is 1. The lowest BCUT2D eigenvalue weighted by molar-refractivity contribution is 0.297. The highest BCUT2D eigenvalue weighted by Gasteiger charge is 2.39. The van der Waals surface area contributed by atoms with E-state index < -0.39 is 0 Å². The summed E-state index contributed by atoms with van der Waals surface area (Å²) in [5.74, 6) is 0.812. The number of hydrogen-bond donors (Lipinski definition) is 1. The van der Waals surface area contributed by atoms with E-state index in [0.29, 0.717) is 15.7 Å². The first-order valence-electron chi connectivity index (χ1n) is 5.03. The number of anilines is 1. The molecule has 2 saturated heterocycles. The third-order valence-corrected chi connectivity index (χ3v) is 4.38. The summed E-state index contributed by atoms with van der Waals surface area (Å²) in [7, 11) is 0. The molecule has 15 heavy (non-hydrogen) atoms. The van der Waals surface area contributed by atoms with Crippen molar-refractivity contribution in [3.63, 3.8) is 0 Å². The van der Waals surface area contributed by atoms with Crippen LogP contribution >= 0.6 is 27.5 Å². The van der Waals surface area contributed by atoms with Gasteiger partial charge in [-0.25, -0.2) is 4.98 Å². The minimum absolute atomic E-state index is 0.674. The van der Waals surface area contributed by atoms with E-state index in [-0.39, 0.29) is 0 Å². The monoisotopic (exact) mass is 287 g/mol. The van der Waals surface area contributed by atoms with Crippen molar-refractivity contribution in [1.82, 2.24) is 10.3 Å². The van der Waals surface area contributed by atoms with Crippen molar-refractivity contribution in [2.24, 2.45) is 5.92 Å². The summed E-state index contributed by atoms with van der Waals surface area (Å²) in [5.41, 5.74) is 1.12. The van der Waals surface area contributed by atoms with Gasteiger partial charge >= 0.3 is 0 Å². The number of pyridine rings is 1. The zero-order chi connectivity index (χ0) is 10.4. The van der Waals surface area contributed by atoms with E-state index in [1.165, 1.54) is 0 Å². The van der Waals surface area contributed by atoms with Crippen LogP contribution in [0.4, 0.5) is 5.69 Å². The van der Waals surface area contributed by atoms with Crippen LogP contribution in [0.5, 0.6) is 0 Å². The van der Waals surface area contributed by atoms with Gasteiger partial charge in [-0.2, -0.15) is 0 Å². The Bertz CT molecular complexity index is 386. The molecule has 0 spiro atoms. The third kappa shape index (κ3) is 1.65. The molecule has 80 valence electrons. The van der Waals surface area contributed by atoms with Gasteiger partial charge in [0.25, 0.3) is 0 Å². The molecule has 0 radical (unpaired) electrons. The van der Waals surface area contributed by atoms with Crippen molar-refractivity contribution in [1.29, 1.82) is 0 Å². The first kappa shape index (κ1) is 9.87. The molecular weight excluding hydrogens is 277 g/mol. The molecule has 1 aromatic heterocycles. The van der Waals surface area contributed by atoms with Crippen LogP contribution in [-0.2, 0) is 0 Å². The highest BCUT2D eigenvalue weighted by molar-refractivity contribution is 9.10. The van der Waals surface area contributed by atoms with Crippen LogP contribution in [0.1, 0.15) is 0 Å². The molecule has 0 amide bonds. The molecule has 1 N–H and O–H groups in total. The maximum absolute atomic E-state index is 6.03. The highest BCUT2D eigenvalue weighted by Crippen LogP contribution is 2.31. The first-order chi connectivity index (χ1) is 7.24. The van der Waals surface area contributed by atoms with Crippen molar-refractivity contribution in [2.75, 3.05) is 24.5 Å². The number of halogens is 2. The number of fused-ring (bicyclic) bond motifs is 1. The van der Waals surface area contributed by atoms with Gasteiger partial charge in [0.2, 0.25) is 0 Å². The summed E-state index contributed by atoms with van der Waals surface area (Å²) < 4.78 is 0.716. The fraction of sp³-hybridized carbons (Fsp3) is 0.500. The van der Waals surface area contributed by atoms with Gasteiger partial charge in [-0.3, -0.25) is 0 Å². The second kappa shape index (κ2) is 3.61. The van der Waals surface area contributed by atoms with Crippen LogP contribution in [-0.4, -0.2) is 30.7 Å². The molecule has 0 aliphatic carbocycles. The van der Waals surface area contributed by atoms with E-state index in [4.69, 9.17) is 11.6 Å². The minimum Gasteiger partial charge on any atom is -0.368 e. The van der Waals surface area contributed by atoms with Gasteiger partial charge < -0.3 is 10.2 Å². The fourth-order valence-corrected chi connectivity index (χ4v) is 2.62. The standard InChI is InChI=1S/C10H11BrClN3/c11-10-8(12)1-7(3-14-10)15-4-6-2-13-9(6)5-15/h1,3,6,9,13H,2,4-5H2/t6-,9+/m0/s1. The topological polar surface area (TPSA) is 28.2 Å². The zero-order valence-electron chi connectivity index (χ0n) is 8.08. The van der Waals surface area contributed by atoms with E-state index in [1.807, 2.05) is 12.3 Å². The van der Waals surface area contributed by atoms with Crippen LogP contribution in [0, 0.1) is 5.92 Å². The van der Waals surface area contributed by atoms with Crippen molar-refractivity contribution < 1.29 is 0 Å². The fourth-order valence-electron chi connectivity index (χ4n) is 2.25. The van der Waals surface area contributed by atoms with Crippen LogP contribution in [0.25, 0.3) is 0 Å². The summed E-state index contributed by atoms with van der Waals surface area (Å²) in [6.45, 7) is 3.35. The number of nitrogens with zero attached hydrogens (tertiary/aromatic N) is 2. The third-order valence-electron chi connectivity index (χ3n) is 3.23. The van der Waals surface area contributed by atoms with Crippen LogP contribution < -0.4 is 10.2 Å². The van der Waals surface area contributed by atoms with E-state index in [2.05, 4.69) is 31.1 Å². The van der Waals surface area contributed by atoms with Gasteiger partial charge in [-0.05, 0) is 22.0 Å². The first-order valence-corrected chi connectivity index (χ1v) is 6.20. The lowest BCUT2D eigenvalue weighted by Gasteiger charge is -2.29. The van der Waals surface area contributed by atoms with Gasteiger partial charge in [0.1, 0.15) is 4.60 Å². The van der Waals surface area contributed by atoms with Gasteiger partial charge in [-0.15, -0.1) is 0 Å². The number of nitrogens with one attached hydrogen (secondary N) is 1. The second-order valence-electron chi connectivity index (χ2n) is 4.15. The Balaban J connectivity index is 1.84. The van der Waals surface area contributed by atoms with Crippen LogP contribution in [0.15, 0.2) is 16.9 Å². The molecule has 0 aromatic carbocycles. The normalized spacial score (nSPS) is 28.8. The molecule has 1 aromatic rings. The molecule has 3 nitrogen and oxygen atoms in total. The van der Waals surface area contributed by atoms with Gasteiger partial charge in [0.05, 0.1) is 16.9 Å². The predicted octanol–water partition coefficient (Wildman–Crippen LogP) is 1.91. The molecule has 0 bridgehead atoms. The van der Waals surface area contributed by atoms with E-state index in [1.54, 1.807) is 0 Å². The molecule has 3 heterocycles. The lowest BCUT2D eigenvalue weighted by Crippen LogP contribution is -2.51. The van der Waals surface area contributed by atoms with Crippen molar-refractivity contribution in [2.45, 2.75) is 6.04 Å². The summed E-state index contributed by atoms with van der Waals surface area (Å²) in [4.78, 5) is 6.56. The van der Waals surface area contributed by atoms with Crippen LogP contribution in [0.2, 0.25) is 5.02 Å². The Morgan fingerprint density at radius 3 is 2.93 bits per heavy atom. The Morgan fingerprint density at radius 2 is 2.40 bits per heavy atom. The van der Waals surface area contributed by atoms with Crippen molar-refractivity contribution in [3.05, 3.63) is 21.9 Å².